The molecule has 2 rings (SSSR count). The lowest BCUT2D eigenvalue weighted by Crippen LogP contribution is -2.33. The molecule has 0 amide bonds. The standard InChI is InChI=1S/C16H28N4O/c1-4-8-14-19-15(17-3)11(2)16(20-14)18-12-9-6-5-7-10-13(12)21/h12-13,21H,4-10H2,1-3H3,(H2,17,18,19,20). The van der Waals surface area contributed by atoms with Crippen LogP contribution in [-0.4, -0.2) is 34.3 Å². The normalized spacial score (nSPS) is 22.7. The van der Waals surface area contributed by atoms with E-state index >= 15 is 0 Å². The van der Waals surface area contributed by atoms with E-state index in [0.717, 1.165) is 55.1 Å². The Kier molecular flexibility index (Phi) is 5.79. The third-order valence-corrected chi connectivity index (χ3v) is 4.20. The fraction of sp³-hybridized carbons (Fsp3) is 0.750. The monoisotopic (exact) mass is 292 g/mol. The molecule has 1 fully saturated rings. The van der Waals surface area contributed by atoms with Crippen LogP contribution in [0.25, 0.3) is 0 Å². The summed E-state index contributed by atoms with van der Waals surface area (Å²) in [5.41, 5.74) is 1.02. The molecule has 0 bridgehead atoms. The largest absolute Gasteiger partial charge is 0.391 e. The Labute approximate surface area is 127 Å². The summed E-state index contributed by atoms with van der Waals surface area (Å²) in [7, 11) is 1.88. The van der Waals surface area contributed by atoms with Crippen LogP contribution in [0.1, 0.15) is 56.8 Å². The first kappa shape index (κ1) is 16.0. The Morgan fingerprint density at radius 2 is 1.86 bits per heavy atom. The van der Waals surface area contributed by atoms with E-state index in [2.05, 4.69) is 27.5 Å². The summed E-state index contributed by atoms with van der Waals surface area (Å²) in [4.78, 5) is 9.20. The Balaban J connectivity index is 2.22. The molecule has 0 aromatic carbocycles. The Hall–Kier alpha value is -1.36. The van der Waals surface area contributed by atoms with Crippen molar-refractivity contribution in [1.29, 1.82) is 0 Å². The first-order valence-electron chi connectivity index (χ1n) is 8.15. The van der Waals surface area contributed by atoms with Gasteiger partial charge in [0.05, 0.1) is 12.1 Å². The highest BCUT2D eigenvalue weighted by atomic mass is 16.3. The van der Waals surface area contributed by atoms with Gasteiger partial charge in [0.25, 0.3) is 0 Å². The van der Waals surface area contributed by atoms with Gasteiger partial charge in [-0.1, -0.05) is 26.2 Å². The van der Waals surface area contributed by atoms with Crippen molar-refractivity contribution in [2.75, 3.05) is 17.7 Å². The van der Waals surface area contributed by atoms with Crippen LogP contribution in [-0.2, 0) is 6.42 Å². The number of nitrogens with zero attached hydrogens (tertiary/aromatic N) is 2. The highest BCUT2D eigenvalue weighted by molar-refractivity contribution is 5.57. The first-order chi connectivity index (χ1) is 10.2. The average Bonchev–Trinajstić information content (AvgIpc) is 2.67. The van der Waals surface area contributed by atoms with Gasteiger partial charge in [0.1, 0.15) is 17.5 Å². The van der Waals surface area contributed by atoms with Gasteiger partial charge >= 0.3 is 0 Å². The first-order valence-corrected chi connectivity index (χ1v) is 8.15. The molecule has 1 heterocycles. The van der Waals surface area contributed by atoms with Gasteiger partial charge in [0.2, 0.25) is 0 Å². The van der Waals surface area contributed by atoms with Crippen molar-refractivity contribution in [3.8, 4) is 0 Å². The number of rotatable bonds is 5. The zero-order valence-corrected chi connectivity index (χ0v) is 13.4. The van der Waals surface area contributed by atoms with Crippen LogP contribution in [0.3, 0.4) is 0 Å². The molecule has 1 aromatic heterocycles. The molecule has 0 radical (unpaired) electrons. The summed E-state index contributed by atoms with van der Waals surface area (Å²) < 4.78 is 0. The van der Waals surface area contributed by atoms with E-state index in [4.69, 9.17) is 0 Å². The van der Waals surface area contributed by atoms with Gasteiger partial charge in [0.15, 0.2) is 0 Å². The highest BCUT2D eigenvalue weighted by Crippen LogP contribution is 2.25. The number of anilines is 2. The summed E-state index contributed by atoms with van der Waals surface area (Å²) in [5.74, 6) is 2.60. The molecule has 1 aromatic rings. The van der Waals surface area contributed by atoms with Crippen molar-refractivity contribution in [3.05, 3.63) is 11.4 Å². The van der Waals surface area contributed by atoms with Crippen molar-refractivity contribution in [3.63, 3.8) is 0 Å². The lowest BCUT2D eigenvalue weighted by Gasteiger charge is -2.24. The molecule has 1 aliphatic rings. The summed E-state index contributed by atoms with van der Waals surface area (Å²) in [6.07, 6.45) is 6.99. The SMILES string of the molecule is CCCc1nc(NC)c(C)c(NC2CCCCCC2O)n1. The molecule has 2 unspecified atom stereocenters. The van der Waals surface area contributed by atoms with Crippen LogP contribution in [0.2, 0.25) is 0 Å². The van der Waals surface area contributed by atoms with Crippen LogP contribution in [0, 0.1) is 6.92 Å². The van der Waals surface area contributed by atoms with Crippen molar-refractivity contribution >= 4 is 11.6 Å². The predicted octanol–water partition coefficient (Wildman–Crippen LogP) is 2.88. The van der Waals surface area contributed by atoms with E-state index in [9.17, 15) is 5.11 Å². The number of hydrogen-bond acceptors (Lipinski definition) is 5. The minimum Gasteiger partial charge on any atom is -0.391 e. The van der Waals surface area contributed by atoms with Crippen LogP contribution in [0.4, 0.5) is 11.6 Å². The predicted molar refractivity (Wildman–Crippen MR) is 86.8 cm³/mol. The molecule has 1 aliphatic carbocycles. The number of nitrogens with one attached hydrogen (secondary N) is 2. The number of aliphatic hydroxyl groups is 1. The maximum absolute atomic E-state index is 10.3. The van der Waals surface area contributed by atoms with E-state index in [0.29, 0.717) is 0 Å². The molecule has 0 spiro atoms. The number of aryl methyl sites for hydroxylation is 1. The Morgan fingerprint density at radius 1 is 1.14 bits per heavy atom. The summed E-state index contributed by atoms with van der Waals surface area (Å²) in [5, 5.41) is 16.9. The summed E-state index contributed by atoms with van der Waals surface area (Å²) in [6, 6.07) is 0.0975. The summed E-state index contributed by atoms with van der Waals surface area (Å²) in [6.45, 7) is 4.15. The van der Waals surface area contributed by atoms with Gasteiger partial charge in [-0.3, -0.25) is 0 Å². The smallest absolute Gasteiger partial charge is 0.135 e. The van der Waals surface area contributed by atoms with Gasteiger partial charge in [0, 0.05) is 19.0 Å². The molecular formula is C16H28N4O. The van der Waals surface area contributed by atoms with E-state index < -0.39 is 0 Å². The van der Waals surface area contributed by atoms with Crippen molar-refractivity contribution in [2.45, 2.75) is 70.9 Å². The number of aliphatic hydroxyl groups excluding tert-OH is 1. The van der Waals surface area contributed by atoms with Gasteiger partial charge in [-0.15, -0.1) is 0 Å². The molecule has 118 valence electrons. The third-order valence-electron chi connectivity index (χ3n) is 4.20. The highest BCUT2D eigenvalue weighted by Gasteiger charge is 2.23. The minimum atomic E-state index is -0.283. The average molecular weight is 292 g/mol. The summed E-state index contributed by atoms with van der Waals surface area (Å²) >= 11 is 0. The maximum atomic E-state index is 10.3. The van der Waals surface area contributed by atoms with Gasteiger partial charge in [-0.2, -0.15) is 0 Å². The van der Waals surface area contributed by atoms with Crippen LogP contribution >= 0.6 is 0 Å². The number of hydrogen-bond donors (Lipinski definition) is 3. The van der Waals surface area contributed by atoms with Crippen LogP contribution < -0.4 is 10.6 Å². The van der Waals surface area contributed by atoms with E-state index in [1.165, 1.54) is 12.8 Å². The molecular weight excluding hydrogens is 264 g/mol. The Bertz CT molecular complexity index is 464. The molecule has 3 N–H and O–H groups in total. The van der Waals surface area contributed by atoms with E-state index in [-0.39, 0.29) is 12.1 Å². The van der Waals surface area contributed by atoms with Crippen LogP contribution in [0.5, 0.6) is 0 Å². The fourth-order valence-electron chi connectivity index (χ4n) is 2.91. The second-order valence-corrected chi connectivity index (χ2v) is 5.92. The van der Waals surface area contributed by atoms with Crippen molar-refractivity contribution in [1.82, 2.24) is 9.97 Å². The second-order valence-electron chi connectivity index (χ2n) is 5.92. The third kappa shape index (κ3) is 4.06. The quantitative estimate of drug-likeness (QED) is 0.728. The van der Waals surface area contributed by atoms with Crippen molar-refractivity contribution < 1.29 is 5.11 Å². The molecule has 0 saturated heterocycles. The molecule has 1 saturated carbocycles. The second kappa shape index (κ2) is 7.59. The van der Waals surface area contributed by atoms with E-state index in [1.807, 2.05) is 14.0 Å². The topological polar surface area (TPSA) is 70.1 Å². The zero-order chi connectivity index (χ0) is 15.2. The zero-order valence-electron chi connectivity index (χ0n) is 13.4. The Morgan fingerprint density at radius 3 is 2.57 bits per heavy atom. The lowest BCUT2D eigenvalue weighted by molar-refractivity contribution is 0.144. The van der Waals surface area contributed by atoms with E-state index in [1.54, 1.807) is 0 Å². The van der Waals surface area contributed by atoms with Gasteiger partial charge in [-0.05, 0) is 26.2 Å². The lowest BCUT2D eigenvalue weighted by atomic mass is 10.1. The fourth-order valence-corrected chi connectivity index (χ4v) is 2.91. The van der Waals surface area contributed by atoms with Gasteiger partial charge < -0.3 is 15.7 Å². The van der Waals surface area contributed by atoms with Gasteiger partial charge in [-0.25, -0.2) is 9.97 Å². The molecule has 5 nitrogen and oxygen atoms in total. The van der Waals surface area contributed by atoms with Crippen LogP contribution in [0.15, 0.2) is 0 Å². The molecule has 0 aliphatic heterocycles. The molecule has 2 atom stereocenters. The minimum absolute atomic E-state index is 0.0975. The number of aromatic nitrogens is 2. The molecule has 21 heavy (non-hydrogen) atoms. The maximum Gasteiger partial charge on any atom is 0.135 e. The van der Waals surface area contributed by atoms with Crippen molar-refractivity contribution in [2.24, 2.45) is 0 Å². The molecule has 5 heteroatoms.